The average Bonchev–Trinajstić information content (AvgIpc) is 3.88. The van der Waals surface area contributed by atoms with Crippen LogP contribution in [-0.4, -0.2) is 47.8 Å². The molecule has 0 N–H and O–H groups in total. The molecule has 5 aromatic carbocycles. The second-order valence-electron chi connectivity index (χ2n) is 21.0. The molecule has 6 heteroatoms. The third-order valence-corrected chi connectivity index (χ3v) is 16.2. The Labute approximate surface area is 405 Å². The number of benzene rings is 5. The number of hydrogen-bond acceptors (Lipinski definition) is 4. The molecule has 9 rings (SSSR count). The Morgan fingerprint density at radius 2 is 1.12 bits per heavy atom. The Morgan fingerprint density at radius 1 is 0.574 bits per heavy atom. The van der Waals surface area contributed by atoms with E-state index in [9.17, 15) is 10.5 Å². The highest BCUT2D eigenvalue weighted by molar-refractivity contribution is 6.04. The molecule has 0 aliphatic carbocycles. The molecule has 2 unspecified atom stereocenters. The number of rotatable bonds is 13. The van der Waals surface area contributed by atoms with Crippen molar-refractivity contribution in [2.45, 2.75) is 116 Å². The van der Waals surface area contributed by atoms with Gasteiger partial charge in [0, 0.05) is 82.1 Å². The minimum absolute atomic E-state index is 0.165. The van der Waals surface area contributed by atoms with Crippen molar-refractivity contribution in [1.82, 2.24) is 0 Å². The van der Waals surface area contributed by atoms with Gasteiger partial charge < -0.3 is 9.80 Å². The molecule has 0 radical (unpaired) electrons. The fourth-order valence-electron chi connectivity index (χ4n) is 12.6. The lowest BCUT2D eigenvalue weighted by Crippen LogP contribution is -2.30. The number of nitriles is 2. The maximum absolute atomic E-state index is 9.71. The molecule has 0 saturated heterocycles. The molecule has 4 aliphatic heterocycles. The van der Waals surface area contributed by atoms with E-state index in [1.165, 1.54) is 67.2 Å². The normalized spacial score (nSPS) is 22.2. The van der Waals surface area contributed by atoms with Crippen molar-refractivity contribution in [3.63, 3.8) is 0 Å². The van der Waals surface area contributed by atoms with E-state index in [4.69, 9.17) is 0 Å². The van der Waals surface area contributed by atoms with Crippen molar-refractivity contribution >= 4 is 44.9 Å². The number of nitrogens with zero attached hydrogens (tertiary/aromatic N) is 6. The van der Waals surface area contributed by atoms with Gasteiger partial charge in [-0.1, -0.05) is 86.9 Å². The third-order valence-electron chi connectivity index (χ3n) is 16.2. The van der Waals surface area contributed by atoms with Gasteiger partial charge in [-0.25, -0.2) is 0 Å². The molecule has 6 nitrogen and oxygen atoms in total. The monoisotopic (exact) mass is 897 g/mol. The van der Waals surface area contributed by atoms with Crippen LogP contribution >= 0.6 is 0 Å². The first-order chi connectivity index (χ1) is 32.6. The summed E-state index contributed by atoms with van der Waals surface area (Å²) in [5.74, 6) is 0. The molecular formula is C62H68N6+2. The predicted octanol–water partition coefficient (Wildman–Crippen LogP) is 14.1. The molecular weight excluding hydrogens is 829 g/mol. The van der Waals surface area contributed by atoms with Gasteiger partial charge in [-0.15, -0.1) is 0 Å². The third kappa shape index (κ3) is 7.36. The number of allylic oxidation sites excluding steroid dienone is 8. The first kappa shape index (κ1) is 46.4. The van der Waals surface area contributed by atoms with Gasteiger partial charge >= 0.3 is 0 Å². The summed E-state index contributed by atoms with van der Waals surface area (Å²) >= 11 is 0. The van der Waals surface area contributed by atoms with Gasteiger partial charge in [0.2, 0.25) is 11.4 Å². The van der Waals surface area contributed by atoms with Crippen molar-refractivity contribution in [3.05, 3.63) is 178 Å². The zero-order chi connectivity index (χ0) is 48.2. The Morgan fingerprint density at radius 3 is 1.69 bits per heavy atom. The van der Waals surface area contributed by atoms with Crippen molar-refractivity contribution in [2.24, 2.45) is 0 Å². The van der Waals surface area contributed by atoms with E-state index < -0.39 is 0 Å². The van der Waals surface area contributed by atoms with E-state index in [1.807, 2.05) is 24.3 Å². The molecule has 0 fully saturated rings. The maximum atomic E-state index is 9.71. The van der Waals surface area contributed by atoms with Crippen LogP contribution in [0.5, 0.6) is 0 Å². The van der Waals surface area contributed by atoms with Crippen LogP contribution in [0.1, 0.15) is 127 Å². The van der Waals surface area contributed by atoms with Crippen molar-refractivity contribution < 1.29 is 9.15 Å². The molecule has 0 amide bonds. The fraction of sp³-hybridized carbons (Fsp3) is 0.355. The zero-order valence-electron chi connectivity index (χ0n) is 42.0. The first-order valence-corrected chi connectivity index (χ1v) is 24.9. The number of unbranched alkanes of at least 4 members (excludes halogenated alkanes) is 2. The number of anilines is 2. The van der Waals surface area contributed by atoms with Gasteiger partial charge in [-0.05, 0) is 138 Å². The SMILES string of the molecule is CCCCN1C(=CC=CC2=[N+](C)c3cc(C#N)ccc3C2(C)C)C(C)(CCCCC2(C)C(=CC=CC3=[N+](C)c4cc(C#N)ccc4C3(C)C)N(CC)c3ccccc32)c2c1ccc1ccccc21. The molecule has 0 bridgehead atoms. The van der Waals surface area contributed by atoms with Gasteiger partial charge in [-0.2, -0.15) is 19.7 Å². The molecule has 68 heavy (non-hydrogen) atoms. The molecule has 0 aromatic heterocycles. The summed E-state index contributed by atoms with van der Waals surface area (Å²) in [4.78, 5) is 5.17. The molecule has 2 atom stereocenters. The summed E-state index contributed by atoms with van der Waals surface area (Å²) in [6.07, 6.45) is 20.5. The Balaban J connectivity index is 1.05. The Bertz CT molecular complexity index is 3140. The minimum Gasteiger partial charge on any atom is -0.344 e. The second-order valence-corrected chi connectivity index (χ2v) is 21.0. The molecule has 4 aliphatic rings. The van der Waals surface area contributed by atoms with Gasteiger partial charge in [0.05, 0.1) is 34.1 Å². The quantitative estimate of drug-likeness (QED) is 0.0873. The Kier molecular flexibility index (Phi) is 12.1. The predicted molar refractivity (Wildman–Crippen MR) is 283 cm³/mol. The van der Waals surface area contributed by atoms with E-state index in [2.05, 4.69) is 210 Å². The molecule has 5 aromatic rings. The largest absolute Gasteiger partial charge is 0.344 e. The summed E-state index contributed by atoms with van der Waals surface area (Å²) in [6.45, 7) is 20.6. The summed E-state index contributed by atoms with van der Waals surface area (Å²) < 4.78 is 4.53. The van der Waals surface area contributed by atoms with Crippen LogP contribution in [0.15, 0.2) is 145 Å². The standard InChI is InChI=1S/C62H68N6/c1-11-13-38-68-51-35-32-45-22-14-15-23-46(45)58(51)62(8,57(68)29-21-27-55-60(5,6)48-34-31-44(42-64)40-53(48)66(55)10)37-19-18-36-61(7)49-24-16-17-25-50(49)67(12-2)56(61)28-20-26-54-59(3,4)47-33-30-43(41-63)39-52(47)65(54)9/h14-17,20-35,39-40H,11-13,18-19,36-38H2,1-10H3/q+2. The maximum Gasteiger partial charge on any atom is 0.210 e. The average molecular weight is 897 g/mol. The van der Waals surface area contributed by atoms with E-state index >= 15 is 0 Å². The lowest BCUT2D eigenvalue weighted by atomic mass is 9.73. The van der Waals surface area contributed by atoms with Crippen molar-refractivity contribution in [3.8, 4) is 12.1 Å². The van der Waals surface area contributed by atoms with E-state index in [1.54, 1.807) is 0 Å². The molecule has 0 saturated carbocycles. The van der Waals surface area contributed by atoms with E-state index in [0.717, 1.165) is 63.0 Å². The van der Waals surface area contributed by atoms with Gasteiger partial charge in [-0.3, -0.25) is 0 Å². The fourth-order valence-corrected chi connectivity index (χ4v) is 12.6. The van der Waals surface area contributed by atoms with E-state index in [0.29, 0.717) is 11.1 Å². The summed E-state index contributed by atoms with van der Waals surface area (Å²) in [7, 11) is 4.26. The smallest absolute Gasteiger partial charge is 0.210 e. The van der Waals surface area contributed by atoms with Crippen LogP contribution in [0.2, 0.25) is 0 Å². The molecule has 344 valence electrons. The van der Waals surface area contributed by atoms with Crippen molar-refractivity contribution in [2.75, 3.05) is 37.0 Å². The number of likely N-dealkylation sites (N-methyl/N-ethyl adjacent to an activating group) is 1. The van der Waals surface area contributed by atoms with Crippen LogP contribution < -0.4 is 9.80 Å². The number of para-hydroxylation sites is 1. The molecule has 4 heterocycles. The van der Waals surface area contributed by atoms with E-state index in [-0.39, 0.29) is 21.7 Å². The molecule has 0 spiro atoms. The lowest BCUT2D eigenvalue weighted by Gasteiger charge is -2.32. The number of fused-ring (bicyclic) bond motifs is 6. The lowest BCUT2D eigenvalue weighted by molar-refractivity contribution is -0.401. The van der Waals surface area contributed by atoms with Crippen LogP contribution in [0, 0.1) is 22.7 Å². The van der Waals surface area contributed by atoms with Gasteiger partial charge in [0.15, 0.2) is 11.4 Å². The highest BCUT2D eigenvalue weighted by atomic mass is 15.2. The van der Waals surface area contributed by atoms with Crippen LogP contribution in [0.3, 0.4) is 0 Å². The highest BCUT2D eigenvalue weighted by Crippen LogP contribution is 2.55. The Hall–Kier alpha value is -6.76. The van der Waals surface area contributed by atoms with Crippen molar-refractivity contribution in [1.29, 1.82) is 10.5 Å². The summed E-state index contributed by atoms with van der Waals surface area (Å²) in [5.41, 5.74) is 16.0. The number of hydrogen-bond donors (Lipinski definition) is 0. The summed E-state index contributed by atoms with van der Waals surface area (Å²) in [5, 5.41) is 22.0. The van der Waals surface area contributed by atoms with Gasteiger partial charge in [0.1, 0.15) is 14.1 Å². The topological polar surface area (TPSA) is 60.1 Å². The van der Waals surface area contributed by atoms with Crippen LogP contribution in [0.25, 0.3) is 10.8 Å². The van der Waals surface area contributed by atoms with Gasteiger partial charge in [0.25, 0.3) is 0 Å². The highest BCUT2D eigenvalue weighted by Gasteiger charge is 2.47. The first-order valence-electron chi connectivity index (χ1n) is 24.9. The minimum atomic E-state index is -0.213. The van der Waals surface area contributed by atoms with Crippen LogP contribution in [0.4, 0.5) is 22.7 Å². The second kappa shape index (κ2) is 17.7. The van der Waals surface area contributed by atoms with Crippen LogP contribution in [-0.2, 0) is 21.7 Å². The zero-order valence-corrected chi connectivity index (χ0v) is 42.0. The summed E-state index contributed by atoms with van der Waals surface area (Å²) in [6, 6.07) is 39.6.